The molecular weight excluding hydrogens is 272 g/mol. The molecule has 0 aromatic heterocycles. The highest BCUT2D eigenvalue weighted by atomic mass is 35.5. The van der Waals surface area contributed by atoms with Crippen LogP contribution in [0.15, 0.2) is 42.5 Å². The lowest BCUT2D eigenvalue weighted by Gasteiger charge is -2.14. The van der Waals surface area contributed by atoms with Crippen molar-refractivity contribution in [2.45, 2.75) is 12.5 Å². The Morgan fingerprint density at radius 2 is 1.83 bits per heavy atom. The van der Waals surface area contributed by atoms with Crippen LogP contribution >= 0.6 is 23.2 Å². The smallest absolute Gasteiger partial charge is 0.129 e. The monoisotopic (exact) mass is 283 g/mol. The highest BCUT2D eigenvalue weighted by Crippen LogP contribution is 2.25. The van der Waals surface area contributed by atoms with Crippen LogP contribution in [0.4, 0.5) is 4.39 Å². The van der Waals surface area contributed by atoms with E-state index in [0.717, 1.165) is 5.56 Å². The molecule has 1 unspecified atom stereocenters. The van der Waals surface area contributed by atoms with Crippen molar-refractivity contribution in [3.63, 3.8) is 0 Å². The Kier molecular flexibility index (Phi) is 4.23. The van der Waals surface area contributed by atoms with Crippen molar-refractivity contribution < 1.29 is 4.39 Å². The minimum Gasteiger partial charge on any atom is -0.324 e. The van der Waals surface area contributed by atoms with Crippen molar-refractivity contribution in [2.24, 2.45) is 5.73 Å². The Morgan fingerprint density at radius 3 is 2.50 bits per heavy atom. The lowest BCUT2D eigenvalue weighted by atomic mass is 9.99. The van der Waals surface area contributed by atoms with E-state index in [4.69, 9.17) is 28.9 Å². The molecule has 18 heavy (non-hydrogen) atoms. The lowest BCUT2D eigenvalue weighted by Crippen LogP contribution is -2.15. The molecule has 94 valence electrons. The molecule has 2 rings (SSSR count). The topological polar surface area (TPSA) is 26.0 Å². The molecule has 0 radical (unpaired) electrons. The highest BCUT2D eigenvalue weighted by molar-refractivity contribution is 6.31. The summed E-state index contributed by atoms with van der Waals surface area (Å²) in [5.41, 5.74) is 7.35. The van der Waals surface area contributed by atoms with Crippen LogP contribution in [-0.2, 0) is 6.42 Å². The van der Waals surface area contributed by atoms with Crippen LogP contribution in [0.3, 0.4) is 0 Å². The van der Waals surface area contributed by atoms with Gasteiger partial charge in [0.15, 0.2) is 0 Å². The van der Waals surface area contributed by atoms with Gasteiger partial charge in [-0.25, -0.2) is 4.39 Å². The summed E-state index contributed by atoms with van der Waals surface area (Å²) in [7, 11) is 0. The number of rotatable bonds is 3. The van der Waals surface area contributed by atoms with Crippen LogP contribution in [0.25, 0.3) is 0 Å². The molecule has 1 atom stereocenters. The zero-order chi connectivity index (χ0) is 13.1. The van der Waals surface area contributed by atoms with Gasteiger partial charge in [-0.05, 0) is 30.2 Å². The first kappa shape index (κ1) is 13.3. The predicted molar refractivity (Wildman–Crippen MR) is 73.5 cm³/mol. The summed E-state index contributed by atoms with van der Waals surface area (Å²) >= 11 is 11.8. The third-order valence-corrected chi connectivity index (χ3v) is 3.36. The van der Waals surface area contributed by atoms with Gasteiger partial charge in [0.1, 0.15) is 5.82 Å². The Labute approximate surface area is 115 Å². The zero-order valence-electron chi connectivity index (χ0n) is 9.54. The Bertz CT molecular complexity index is 557. The molecule has 2 N–H and O–H groups in total. The molecule has 0 heterocycles. The van der Waals surface area contributed by atoms with Crippen molar-refractivity contribution >= 4 is 23.2 Å². The quantitative estimate of drug-likeness (QED) is 0.889. The van der Waals surface area contributed by atoms with Gasteiger partial charge in [0, 0.05) is 21.7 Å². The maximum Gasteiger partial charge on any atom is 0.129 e. The van der Waals surface area contributed by atoms with Crippen LogP contribution in [0, 0.1) is 5.82 Å². The van der Waals surface area contributed by atoms with Gasteiger partial charge < -0.3 is 5.73 Å². The summed E-state index contributed by atoms with van der Waals surface area (Å²) in [4.78, 5) is 0. The summed E-state index contributed by atoms with van der Waals surface area (Å²) in [5.74, 6) is -0.387. The third kappa shape index (κ3) is 3.02. The maximum absolute atomic E-state index is 13.7. The molecule has 1 nitrogen and oxygen atoms in total. The standard InChI is InChI=1S/C14H12Cl2FN/c15-10-5-6-11(13(17)8-10)14(18)7-9-3-1-2-4-12(9)16/h1-6,8,14H,7,18H2. The van der Waals surface area contributed by atoms with Gasteiger partial charge in [0.25, 0.3) is 0 Å². The molecule has 0 saturated heterocycles. The van der Waals surface area contributed by atoms with Gasteiger partial charge in [-0.2, -0.15) is 0 Å². The second kappa shape index (κ2) is 5.70. The van der Waals surface area contributed by atoms with Crippen molar-refractivity contribution in [2.75, 3.05) is 0 Å². The fourth-order valence-corrected chi connectivity index (χ4v) is 2.18. The van der Waals surface area contributed by atoms with Crippen LogP contribution in [0.1, 0.15) is 17.2 Å². The van der Waals surface area contributed by atoms with E-state index in [-0.39, 0.29) is 5.82 Å². The molecule has 0 aliphatic rings. The molecular formula is C14H12Cl2FN. The van der Waals surface area contributed by atoms with Crippen molar-refractivity contribution in [3.8, 4) is 0 Å². The van der Waals surface area contributed by atoms with E-state index in [1.165, 1.54) is 6.07 Å². The lowest BCUT2D eigenvalue weighted by molar-refractivity contribution is 0.580. The molecule has 2 aromatic carbocycles. The molecule has 0 spiro atoms. The number of nitrogens with two attached hydrogens (primary N) is 1. The van der Waals surface area contributed by atoms with Crippen LogP contribution in [0.2, 0.25) is 10.0 Å². The Hall–Kier alpha value is -1.09. The van der Waals surface area contributed by atoms with Crippen LogP contribution < -0.4 is 5.73 Å². The van der Waals surface area contributed by atoms with Gasteiger partial charge in [0.05, 0.1) is 0 Å². The first-order valence-electron chi connectivity index (χ1n) is 5.52. The Morgan fingerprint density at radius 1 is 1.11 bits per heavy atom. The molecule has 0 aliphatic carbocycles. The number of benzene rings is 2. The minimum absolute atomic E-state index is 0.362. The van der Waals surface area contributed by atoms with E-state index >= 15 is 0 Å². The summed E-state index contributed by atoms with van der Waals surface area (Å²) in [5, 5.41) is 1.00. The number of halogens is 3. The second-order valence-electron chi connectivity index (χ2n) is 4.07. The SMILES string of the molecule is NC(Cc1ccccc1Cl)c1ccc(Cl)cc1F. The predicted octanol–water partition coefficient (Wildman–Crippen LogP) is 4.38. The zero-order valence-corrected chi connectivity index (χ0v) is 11.0. The summed E-state index contributed by atoms with van der Waals surface area (Å²) in [6, 6.07) is 11.5. The van der Waals surface area contributed by atoms with E-state index in [1.807, 2.05) is 18.2 Å². The van der Waals surface area contributed by atoms with E-state index < -0.39 is 6.04 Å². The van der Waals surface area contributed by atoms with E-state index in [1.54, 1.807) is 18.2 Å². The number of hydrogen-bond acceptors (Lipinski definition) is 1. The van der Waals surface area contributed by atoms with Crippen molar-refractivity contribution in [1.29, 1.82) is 0 Å². The molecule has 0 bridgehead atoms. The number of hydrogen-bond donors (Lipinski definition) is 1. The van der Waals surface area contributed by atoms with E-state index in [2.05, 4.69) is 0 Å². The van der Waals surface area contributed by atoms with Crippen LogP contribution in [0.5, 0.6) is 0 Å². The fourth-order valence-electron chi connectivity index (χ4n) is 1.81. The maximum atomic E-state index is 13.7. The fraction of sp³-hybridized carbons (Fsp3) is 0.143. The van der Waals surface area contributed by atoms with Gasteiger partial charge in [-0.3, -0.25) is 0 Å². The summed E-state index contributed by atoms with van der Waals surface area (Å²) in [6.45, 7) is 0. The minimum atomic E-state index is -0.442. The Balaban J connectivity index is 2.22. The van der Waals surface area contributed by atoms with Gasteiger partial charge in [0.2, 0.25) is 0 Å². The van der Waals surface area contributed by atoms with Gasteiger partial charge in [-0.1, -0.05) is 47.5 Å². The summed E-state index contributed by atoms with van der Waals surface area (Å²) < 4.78 is 13.7. The highest BCUT2D eigenvalue weighted by Gasteiger charge is 2.13. The largest absolute Gasteiger partial charge is 0.324 e. The molecule has 0 saturated carbocycles. The van der Waals surface area contributed by atoms with Crippen molar-refractivity contribution in [3.05, 3.63) is 69.5 Å². The molecule has 0 amide bonds. The van der Waals surface area contributed by atoms with Crippen LogP contribution in [-0.4, -0.2) is 0 Å². The van der Waals surface area contributed by atoms with Gasteiger partial charge >= 0.3 is 0 Å². The normalized spacial score (nSPS) is 12.4. The summed E-state index contributed by atoms with van der Waals surface area (Å²) in [6.07, 6.45) is 0.484. The van der Waals surface area contributed by atoms with Gasteiger partial charge in [-0.15, -0.1) is 0 Å². The third-order valence-electron chi connectivity index (χ3n) is 2.76. The first-order chi connectivity index (χ1) is 8.58. The molecule has 0 fully saturated rings. The molecule has 0 aliphatic heterocycles. The molecule has 2 aromatic rings. The second-order valence-corrected chi connectivity index (χ2v) is 4.91. The molecule has 4 heteroatoms. The first-order valence-corrected chi connectivity index (χ1v) is 6.27. The van der Waals surface area contributed by atoms with E-state index in [9.17, 15) is 4.39 Å². The van der Waals surface area contributed by atoms with E-state index in [0.29, 0.717) is 22.0 Å². The van der Waals surface area contributed by atoms with Crippen molar-refractivity contribution in [1.82, 2.24) is 0 Å². The average Bonchev–Trinajstić information content (AvgIpc) is 2.32. The average molecular weight is 284 g/mol.